The number of hydrogen-bond donors (Lipinski definition) is 0. The molecule has 0 amide bonds. The van der Waals surface area contributed by atoms with Gasteiger partial charge in [-0.25, -0.2) is 9.78 Å². The molecule has 0 atom stereocenters. The molecule has 2 aromatic rings. The normalized spacial score (nSPS) is 14.4. The van der Waals surface area contributed by atoms with E-state index in [1.165, 1.54) is 0 Å². The molecule has 116 valence electrons. The van der Waals surface area contributed by atoms with Crippen LogP contribution in [0.3, 0.4) is 0 Å². The molecule has 5 heteroatoms. The van der Waals surface area contributed by atoms with Crippen LogP contribution in [0, 0.1) is 0 Å². The number of nitrogens with zero attached hydrogens (tertiary/aromatic N) is 2. The zero-order valence-electron chi connectivity index (χ0n) is 12.8. The summed E-state index contributed by atoms with van der Waals surface area (Å²) in [5.41, 5.74) is 1.03. The number of hydrogen-bond acceptors (Lipinski definition) is 4. The average molecular weight is 300 g/mol. The molecule has 5 nitrogen and oxygen atoms in total. The third kappa shape index (κ3) is 2.75. The van der Waals surface area contributed by atoms with Gasteiger partial charge in [0.1, 0.15) is 5.82 Å². The smallest absolute Gasteiger partial charge is 0.338 e. The van der Waals surface area contributed by atoms with Crippen LogP contribution in [-0.4, -0.2) is 22.1 Å². The van der Waals surface area contributed by atoms with Crippen molar-refractivity contribution < 1.29 is 9.53 Å². The van der Waals surface area contributed by atoms with Gasteiger partial charge in [0, 0.05) is 13.0 Å². The van der Waals surface area contributed by atoms with Crippen molar-refractivity contribution in [1.82, 2.24) is 9.55 Å². The van der Waals surface area contributed by atoms with Crippen LogP contribution in [0.15, 0.2) is 23.0 Å². The van der Waals surface area contributed by atoms with Gasteiger partial charge in [0.2, 0.25) is 0 Å². The van der Waals surface area contributed by atoms with Crippen LogP contribution < -0.4 is 5.56 Å². The van der Waals surface area contributed by atoms with E-state index in [2.05, 4.69) is 4.98 Å². The minimum atomic E-state index is -0.361. The van der Waals surface area contributed by atoms with Crippen LogP contribution in [-0.2, 0) is 17.7 Å². The van der Waals surface area contributed by atoms with Crippen molar-refractivity contribution in [3.63, 3.8) is 0 Å². The van der Waals surface area contributed by atoms with Crippen LogP contribution in [0.1, 0.15) is 48.8 Å². The highest BCUT2D eigenvalue weighted by Gasteiger charge is 2.15. The maximum absolute atomic E-state index is 12.6. The third-order valence-electron chi connectivity index (χ3n) is 3.99. The second kappa shape index (κ2) is 6.30. The van der Waals surface area contributed by atoms with E-state index in [-0.39, 0.29) is 11.5 Å². The zero-order chi connectivity index (χ0) is 15.5. The molecule has 1 aromatic carbocycles. The lowest BCUT2D eigenvalue weighted by Gasteiger charge is -2.10. The van der Waals surface area contributed by atoms with Gasteiger partial charge in [-0.15, -0.1) is 0 Å². The van der Waals surface area contributed by atoms with Crippen LogP contribution in [0.2, 0.25) is 0 Å². The van der Waals surface area contributed by atoms with E-state index in [1.807, 2.05) is 6.92 Å². The van der Waals surface area contributed by atoms with Crippen LogP contribution >= 0.6 is 0 Å². The molecule has 0 fully saturated rings. The van der Waals surface area contributed by atoms with Gasteiger partial charge in [0.05, 0.1) is 23.1 Å². The van der Waals surface area contributed by atoms with E-state index in [4.69, 9.17) is 4.74 Å². The SMILES string of the molecule is CCCOC(=O)c1ccc2c(=O)n3c(nc2c1)CCCCC3. The van der Waals surface area contributed by atoms with Crippen molar-refractivity contribution in [3.05, 3.63) is 39.9 Å². The maximum Gasteiger partial charge on any atom is 0.338 e. The lowest BCUT2D eigenvalue weighted by atomic mass is 10.1. The minimum Gasteiger partial charge on any atom is -0.462 e. The van der Waals surface area contributed by atoms with Gasteiger partial charge in [-0.2, -0.15) is 0 Å². The zero-order valence-corrected chi connectivity index (χ0v) is 12.8. The summed E-state index contributed by atoms with van der Waals surface area (Å²) in [6.07, 6.45) is 4.79. The Bertz CT molecular complexity index is 764. The fourth-order valence-electron chi connectivity index (χ4n) is 2.82. The van der Waals surface area contributed by atoms with Gasteiger partial charge < -0.3 is 4.74 Å². The fourth-order valence-corrected chi connectivity index (χ4v) is 2.82. The third-order valence-corrected chi connectivity index (χ3v) is 3.99. The Labute approximate surface area is 128 Å². The summed E-state index contributed by atoms with van der Waals surface area (Å²) in [6, 6.07) is 5.00. The quantitative estimate of drug-likeness (QED) is 0.818. The molecule has 0 spiro atoms. The van der Waals surface area contributed by atoms with E-state index < -0.39 is 0 Å². The highest BCUT2D eigenvalue weighted by atomic mass is 16.5. The summed E-state index contributed by atoms with van der Waals surface area (Å²) in [5.74, 6) is 0.467. The van der Waals surface area contributed by atoms with Gasteiger partial charge in [-0.3, -0.25) is 9.36 Å². The van der Waals surface area contributed by atoms with Gasteiger partial charge in [-0.05, 0) is 37.5 Å². The van der Waals surface area contributed by atoms with Crippen molar-refractivity contribution in [3.8, 4) is 0 Å². The number of ether oxygens (including phenoxy) is 1. The molecule has 1 aliphatic rings. The molecule has 1 aromatic heterocycles. The van der Waals surface area contributed by atoms with Crippen molar-refractivity contribution in [2.45, 2.75) is 45.6 Å². The van der Waals surface area contributed by atoms with E-state index >= 15 is 0 Å². The first-order valence-electron chi connectivity index (χ1n) is 7.91. The van der Waals surface area contributed by atoms with Crippen molar-refractivity contribution in [1.29, 1.82) is 0 Å². The number of rotatable bonds is 3. The molecule has 22 heavy (non-hydrogen) atoms. The lowest BCUT2D eigenvalue weighted by molar-refractivity contribution is 0.0505. The molecule has 0 saturated heterocycles. The standard InChI is InChI=1S/C17H20N2O3/c1-2-10-22-17(21)12-7-8-13-14(11-12)18-15-6-4-3-5-9-19(15)16(13)20/h7-8,11H,2-6,9-10H2,1H3. The summed E-state index contributed by atoms with van der Waals surface area (Å²) in [4.78, 5) is 29.1. The largest absolute Gasteiger partial charge is 0.462 e. The molecule has 0 saturated carbocycles. The number of fused-ring (bicyclic) bond motifs is 2. The summed E-state index contributed by atoms with van der Waals surface area (Å²) in [5, 5.41) is 0.567. The number of aromatic nitrogens is 2. The van der Waals surface area contributed by atoms with Gasteiger partial charge in [-0.1, -0.05) is 13.3 Å². The fraction of sp³-hybridized carbons (Fsp3) is 0.471. The first-order chi connectivity index (χ1) is 10.7. The van der Waals surface area contributed by atoms with Crippen molar-refractivity contribution in [2.75, 3.05) is 6.61 Å². The number of benzene rings is 1. The molecule has 1 aliphatic heterocycles. The maximum atomic E-state index is 12.6. The molecule has 0 N–H and O–H groups in total. The highest BCUT2D eigenvalue weighted by molar-refractivity contribution is 5.94. The summed E-state index contributed by atoms with van der Waals surface area (Å²) in [7, 11) is 0. The van der Waals surface area contributed by atoms with Gasteiger partial charge >= 0.3 is 5.97 Å². The summed E-state index contributed by atoms with van der Waals surface area (Å²) < 4.78 is 6.92. The molecular formula is C17H20N2O3. The van der Waals surface area contributed by atoms with Gasteiger partial charge in [0.15, 0.2) is 0 Å². The van der Waals surface area contributed by atoms with E-state index in [0.29, 0.717) is 23.1 Å². The highest BCUT2D eigenvalue weighted by Crippen LogP contribution is 2.16. The molecule has 0 bridgehead atoms. The summed E-state index contributed by atoms with van der Waals surface area (Å²) in [6.45, 7) is 3.08. The van der Waals surface area contributed by atoms with Crippen LogP contribution in [0.4, 0.5) is 0 Å². The number of esters is 1. The predicted molar refractivity (Wildman–Crippen MR) is 84.1 cm³/mol. The van der Waals surface area contributed by atoms with E-state index in [1.54, 1.807) is 22.8 Å². The Morgan fingerprint density at radius 1 is 1.32 bits per heavy atom. The first-order valence-corrected chi connectivity index (χ1v) is 7.91. The first kappa shape index (κ1) is 14.8. The van der Waals surface area contributed by atoms with E-state index in [0.717, 1.165) is 44.5 Å². The number of carbonyl (C=O) groups excluding carboxylic acids is 1. The predicted octanol–water partition coefficient (Wildman–Crippen LogP) is 2.69. The van der Waals surface area contributed by atoms with Crippen LogP contribution in [0.25, 0.3) is 10.9 Å². The topological polar surface area (TPSA) is 61.2 Å². The van der Waals surface area contributed by atoms with Crippen LogP contribution in [0.5, 0.6) is 0 Å². The Hall–Kier alpha value is -2.17. The second-order valence-corrected chi connectivity index (χ2v) is 5.66. The van der Waals surface area contributed by atoms with Crippen molar-refractivity contribution >= 4 is 16.9 Å². The Kier molecular flexibility index (Phi) is 4.22. The van der Waals surface area contributed by atoms with Gasteiger partial charge in [0.25, 0.3) is 5.56 Å². The number of aryl methyl sites for hydroxylation is 1. The average Bonchev–Trinajstić information content (AvgIpc) is 2.78. The Morgan fingerprint density at radius 2 is 2.18 bits per heavy atom. The molecule has 3 rings (SSSR count). The van der Waals surface area contributed by atoms with Crippen molar-refractivity contribution in [2.24, 2.45) is 0 Å². The molecule has 0 radical (unpaired) electrons. The monoisotopic (exact) mass is 300 g/mol. The lowest BCUT2D eigenvalue weighted by Crippen LogP contribution is -2.24. The Balaban J connectivity index is 2.05. The minimum absolute atomic E-state index is 0.00428. The van der Waals surface area contributed by atoms with E-state index in [9.17, 15) is 9.59 Å². The Morgan fingerprint density at radius 3 is 3.00 bits per heavy atom. The summed E-state index contributed by atoms with van der Waals surface area (Å²) >= 11 is 0. The molecular weight excluding hydrogens is 280 g/mol. The number of carbonyl (C=O) groups is 1. The molecule has 2 heterocycles. The molecule has 0 unspecified atom stereocenters. The molecule has 0 aliphatic carbocycles. The second-order valence-electron chi connectivity index (χ2n) is 5.66.